The molecule has 0 heterocycles. The minimum absolute atomic E-state index is 0.526. The van der Waals surface area contributed by atoms with E-state index in [9.17, 15) is 0 Å². The minimum Gasteiger partial charge on any atom is -0.309 e. The van der Waals surface area contributed by atoms with Crippen LogP contribution in [0.2, 0.25) is 0 Å². The van der Waals surface area contributed by atoms with Crippen molar-refractivity contribution in [1.29, 1.82) is 0 Å². The van der Waals surface area contributed by atoms with E-state index >= 15 is 0 Å². The molecule has 1 atom stereocenters. The Balaban J connectivity index is 2.36. The molecule has 98 valence electrons. The SMILES string of the molecule is C/C(=C\C=C1/CC(C)(C)C1C)CCCN(C)C. The summed E-state index contributed by atoms with van der Waals surface area (Å²) in [5.74, 6) is 0.758. The molecule has 0 aromatic carbocycles. The predicted octanol–water partition coefficient (Wildman–Crippen LogP) is 4.27. The van der Waals surface area contributed by atoms with Crippen LogP contribution in [0.4, 0.5) is 0 Å². The van der Waals surface area contributed by atoms with E-state index < -0.39 is 0 Å². The third-order valence-corrected chi connectivity index (χ3v) is 4.15. The van der Waals surface area contributed by atoms with Crippen molar-refractivity contribution in [2.45, 2.75) is 47.0 Å². The van der Waals surface area contributed by atoms with Gasteiger partial charge in [-0.2, -0.15) is 0 Å². The maximum atomic E-state index is 2.36. The zero-order valence-electron chi connectivity index (χ0n) is 12.5. The molecule has 1 aliphatic rings. The van der Waals surface area contributed by atoms with E-state index in [2.05, 4.69) is 58.8 Å². The van der Waals surface area contributed by atoms with Crippen LogP contribution >= 0.6 is 0 Å². The first-order valence-corrected chi connectivity index (χ1v) is 6.84. The van der Waals surface area contributed by atoms with Gasteiger partial charge in [0.05, 0.1) is 0 Å². The van der Waals surface area contributed by atoms with Crippen molar-refractivity contribution in [2.75, 3.05) is 20.6 Å². The Morgan fingerprint density at radius 2 is 2.06 bits per heavy atom. The van der Waals surface area contributed by atoms with E-state index in [0.29, 0.717) is 5.41 Å². The van der Waals surface area contributed by atoms with E-state index in [4.69, 9.17) is 0 Å². The van der Waals surface area contributed by atoms with Gasteiger partial charge in [0.2, 0.25) is 0 Å². The predicted molar refractivity (Wildman–Crippen MR) is 77.2 cm³/mol. The summed E-state index contributed by atoms with van der Waals surface area (Å²) in [5.41, 5.74) is 3.66. The highest BCUT2D eigenvalue weighted by Crippen LogP contribution is 2.49. The van der Waals surface area contributed by atoms with Crippen LogP contribution in [-0.4, -0.2) is 25.5 Å². The zero-order chi connectivity index (χ0) is 13.1. The number of hydrogen-bond acceptors (Lipinski definition) is 1. The highest BCUT2D eigenvalue weighted by Gasteiger charge is 2.38. The molecule has 0 spiro atoms. The first-order valence-electron chi connectivity index (χ1n) is 6.84. The normalized spacial score (nSPS) is 26.4. The maximum absolute atomic E-state index is 2.36. The molecule has 1 saturated carbocycles. The van der Waals surface area contributed by atoms with Gasteiger partial charge >= 0.3 is 0 Å². The van der Waals surface area contributed by atoms with Gasteiger partial charge in [-0.1, -0.05) is 44.1 Å². The van der Waals surface area contributed by atoms with Gasteiger partial charge in [0, 0.05) is 0 Å². The summed E-state index contributed by atoms with van der Waals surface area (Å²) in [6, 6.07) is 0. The van der Waals surface area contributed by atoms with Crippen molar-refractivity contribution < 1.29 is 0 Å². The molecule has 0 radical (unpaired) electrons. The number of allylic oxidation sites excluding steroid dienone is 4. The molecule has 1 nitrogen and oxygen atoms in total. The Hall–Kier alpha value is -0.560. The number of nitrogens with zero attached hydrogens (tertiary/aromatic N) is 1. The first-order chi connectivity index (χ1) is 7.83. The summed E-state index contributed by atoms with van der Waals surface area (Å²) < 4.78 is 0. The van der Waals surface area contributed by atoms with Gasteiger partial charge in [-0.25, -0.2) is 0 Å². The Kier molecular flexibility index (Phi) is 5.00. The fourth-order valence-corrected chi connectivity index (χ4v) is 2.41. The smallest absolute Gasteiger partial charge is 0.00218 e. The molecule has 0 aromatic heterocycles. The van der Waals surface area contributed by atoms with E-state index in [1.165, 1.54) is 31.4 Å². The molecule has 1 unspecified atom stereocenters. The van der Waals surface area contributed by atoms with E-state index in [1.54, 1.807) is 5.57 Å². The third kappa shape index (κ3) is 4.31. The maximum Gasteiger partial charge on any atom is -0.00218 e. The second kappa shape index (κ2) is 5.86. The number of rotatable bonds is 5. The topological polar surface area (TPSA) is 3.24 Å². The van der Waals surface area contributed by atoms with Gasteiger partial charge in [-0.15, -0.1) is 0 Å². The zero-order valence-corrected chi connectivity index (χ0v) is 12.5. The fraction of sp³-hybridized carbons (Fsp3) is 0.750. The average Bonchev–Trinajstić information content (AvgIpc) is 2.23. The van der Waals surface area contributed by atoms with Crippen molar-refractivity contribution in [3.8, 4) is 0 Å². The molecule has 0 aromatic rings. The molecule has 1 heteroatoms. The van der Waals surface area contributed by atoms with Gasteiger partial charge in [0.15, 0.2) is 0 Å². The van der Waals surface area contributed by atoms with Gasteiger partial charge in [0.25, 0.3) is 0 Å². The summed E-state index contributed by atoms with van der Waals surface area (Å²) in [6.45, 7) is 10.5. The summed E-state index contributed by atoms with van der Waals surface area (Å²) >= 11 is 0. The lowest BCUT2D eigenvalue weighted by Crippen LogP contribution is -2.34. The quantitative estimate of drug-likeness (QED) is 0.688. The minimum atomic E-state index is 0.526. The van der Waals surface area contributed by atoms with Crippen LogP contribution in [-0.2, 0) is 0 Å². The summed E-state index contributed by atoms with van der Waals surface area (Å²) in [5, 5.41) is 0. The number of hydrogen-bond donors (Lipinski definition) is 0. The van der Waals surface area contributed by atoms with E-state index in [1.807, 2.05) is 0 Å². The molecule has 1 aliphatic carbocycles. The molecule has 1 rings (SSSR count). The molecule has 0 saturated heterocycles. The van der Waals surface area contributed by atoms with Crippen LogP contribution in [0, 0.1) is 11.3 Å². The van der Waals surface area contributed by atoms with E-state index in [-0.39, 0.29) is 0 Å². The monoisotopic (exact) mass is 235 g/mol. The molecule has 1 fully saturated rings. The highest BCUT2D eigenvalue weighted by molar-refractivity contribution is 5.27. The van der Waals surface area contributed by atoms with Gasteiger partial charge in [-0.05, 0) is 58.2 Å². The lowest BCUT2D eigenvalue weighted by atomic mass is 9.60. The molecular formula is C16H29N. The van der Waals surface area contributed by atoms with Crippen LogP contribution in [0.5, 0.6) is 0 Å². The first kappa shape index (κ1) is 14.5. The second-order valence-electron chi connectivity index (χ2n) is 6.55. The van der Waals surface area contributed by atoms with Crippen molar-refractivity contribution in [2.24, 2.45) is 11.3 Å². The Bertz CT molecular complexity index is 307. The van der Waals surface area contributed by atoms with Crippen LogP contribution in [0.1, 0.15) is 47.0 Å². The second-order valence-corrected chi connectivity index (χ2v) is 6.55. The van der Waals surface area contributed by atoms with E-state index in [0.717, 1.165) is 5.92 Å². The van der Waals surface area contributed by atoms with Gasteiger partial charge in [0.1, 0.15) is 0 Å². The summed E-state index contributed by atoms with van der Waals surface area (Å²) in [7, 11) is 4.28. The molecule has 0 bridgehead atoms. The van der Waals surface area contributed by atoms with Crippen LogP contribution in [0.3, 0.4) is 0 Å². The van der Waals surface area contributed by atoms with Crippen LogP contribution in [0.25, 0.3) is 0 Å². The lowest BCUT2D eigenvalue weighted by Gasteiger charge is -2.45. The average molecular weight is 235 g/mol. The van der Waals surface area contributed by atoms with Crippen LogP contribution in [0.15, 0.2) is 23.3 Å². The standard InChI is InChI=1S/C16H29N/c1-13(8-7-11-17(5)6)9-10-15-12-16(3,4)14(15)2/h9-10,14H,7-8,11-12H2,1-6H3/b13-9+,15-10+. The summed E-state index contributed by atoms with van der Waals surface area (Å²) in [4.78, 5) is 2.25. The van der Waals surface area contributed by atoms with Crippen molar-refractivity contribution >= 4 is 0 Å². The molecule has 0 amide bonds. The molecular weight excluding hydrogens is 206 g/mol. The molecule has 0 aliphatic heterocycles. The summed E-state index contributed by atoms with van der Waals surface area (Å²) in [6.07, 6.45) is 8.45. The van der Waals surface area contributed by atoms with Crippen molar-refractivity contribution in [3.63, 3.8) is 0 Å². The van der Waals surface area contributed by atoms with Crippen molar-refractivity contribution in [3.05, 3.63) is 23.3 Å². The third-order valence-electron chi connectivity index (χ3n) is 4.15. The van der Waals surface area contributed by atoms with Crippen LogP contribution < -0.4 is 0 Å². The van der Waals surface area contributed by atoms with Crippen molar-refractivity contribution in [1.82, 2.24) is 4.90 Å². The Morgan fingerprint density at radius 1 is 1.41 bits per heavy atom. The Labute approximate surface area is 108 Å². The lowest BCUT2D eigenvalue weighted by molar-refractivity contribution is 0.172. The largest absolute Gasteiger partial charge is 0.309 e. The van der Waals surface area contributed by atoms with Gasteiger partial charge < -0.3 is 4.90 Å². The molecule has 17 heavy (non-hydrogen) atoms. The highest BCUT2D eigenvalue weighted by atomic mass is 15.0. The molecule has 0 N–H and O–H groups in total. The van der Waals surface area contributed by atoms with Gasteiger partial charge in [-0.3, -0.25) is 0 Å². The Morgan fingerprint density at radius 3 is 2.53 bits per heavy atom. The fourth-order valence-electron chi connectivity index (χ4n) is 2.41.